The number of guanidine groups is 1. The standard InChI is InChI=1S/C19H34N4O4/c1-15-21-17(20)23(10-11-25-12-13-26-15)16-8-6-5-7-9-22(14-16)18(24)27-19(2,3)4/h10-11,15-16H,5-9,12-14H2,1-4H3,(H2,20,21)/b11-10-/t15?,16-/m1/s1. The van der Waals surface area contributed by atoms with Gasteiger partial charge in [-0.25, -0.2) is 9.79 Å². The molecule has 1 unspecified atom stereocenters. The first-order valence-electron chi connectivity index (χ1n) is 9.75. The molecule has 0 aromatic heterocycles. The number of amides is 1. The van der Waals surface area contributed by atoms with E-state index in [2.05, 4.69) is 4.99 Å². The molecule has 1 fully saturated rings. The summed E-state index contributed by atoms with van der Waals surface area (Å²) in [6, 6.07) is -0.00644. The van der Waals surface area contributed by atoms with E-state index < -0.39 is 5.60 Å². The van der Waals surface area contributed by atoms with Crippen LogP contribution in [0.1, 0.15) is 53.4 Å². The maximum atomic E-state index is 12.6. The first-order valence-corrected chi connectivity index (χ1v) is 9.75. The summed E-state index contributed by atoms with van der Waals surface area (Å²) in [6.07, 6.45) is 6.77. The van der Waals surface area contributed by atoms with Crippen molar-refractivity contribution >= 4 is 12.1 Å². The fourth-order valence-corrected chi connectivity index (χ4v) is 3.13. The predicted molar refractivity (Wildman–Crippen MR) is 104 cm³/mol. The second kappa shape index (κ2) is 9.82. The Morgan fingerprint density at radius 2 is 2.07 bits per heavy atom. The topological polar surface area (TPSA) is 89.6 Å². The van der Waals surface area contributed by atoms with Crippen LogP contribution in [0.5, 0.6) is 0 Å². The van der Waals surface area contributed by atoms with E-state index >= 15 is 0 Å². The molecule has 2 aliphatic rings. The van der Waals surface area contributed by atoms with Gasteiger partial charge in [-0.3, -0.25) is 0 Å². The molecule has 2 N–H and O–H groups in total. The number of carbonyl (C=O) groups excluding carboxylic acids is 1. The van der Waals surface area contributed by atoms with Crippen molar-refractivity contribution < 1.29 is 19.0 Å². The summed E-state index contributed by atoms with van der Waals surface area (Å²) in [7, 11) is 0. The van der Waals surface area contributed by atoms with Crippen molar-refractivity contribution in [2.45, 2.75) is 71.2 Å². The van der Waals surface area contributed by atoms with E-state index in [4.69, 9.17) is 19.9 Å². The molecule has 0 spiro atoms. The largest absolute Gasteiger partial charge is 0.497 e. The monoisotopic (exact) mass is 382 g/mol. The normalized spacial score (nSPS) is 28.8. The number of hydrogen-bond donors (Lipinski definition) is 1. The van der Waals surface area contributed by atoms with Crippen molar-refractivity contribution in [3.05, 3.63) is 12.5 Å². The minimum atomic E-state index is -0.521. The van der Waals surface area contributed by atoms with Crippen LogP contribution in [0.3, 0.4) is 0 Å². The number of rotatable bonds is 1. The molecule has 154 valence electrons. The van der Waals surface area contributed by atoms with Crippen molar-refractivity contribution in [2.75, 3.05) is 26.3 Å². The number of carbonyl (C=O) groups is 1. The van der Waals surface area contributed by atoms with Crippen LogP contribution in [0.2, 0.25) is 0 Å². The van der Waals surface area contributed by atoms with Crippen molar-refractivity contribution in [2.24, 2.45) is 10.7 Å². The van der Waals surface area contributed by atoms with E-state index in [-0.39, 0.29) is 18.4 Å². The van der Waals surface area contributed by atoms with Gasteiger partial charge >= 0.3 is 6.09 Å². The minimum Gasteiger partial charge on any atom is -0.497 e. The zero-order chi connectivity index (χ0) is 19.9. The highest BCUT2D eigenvalue weighted by Gasteiger charge is 2.29. The van der Waals surface area contributed by atoms with Crippen LogP contribution in [-0.4, -0.2) is 66.0 Å². The van der Waals surface area contributed by atoms with Crippen molar-refractivity contribution in [1.82, 2.24) is 9.80 Å². The molecule has 0 bridgehead atoms. The Morgan fingerprint density at radius 3 is 2.81 bits per heavy atom. The van der Waals surface area contributed by atoms with Crippen LogP contribution >= 0.6 is 0 Å². The number of nitrogens with two attached hydrogens (primary N) is 1. The SMILES string of the molecule is CC1/N=C(/N)N([C@@H]2CCCCCN(C(=O)OC(C)(C)C)C2)/C=C\OCCO1. The van der Waals surface area contributed by atoms with E-state index in [1.807, 2.05) is 32.6 Å². The van der Waals surface area contributed by atoms with Gasteiger partial charge in [0.2, 0.25) is 0 Å². The molecule has 1 saturated heterocycles. The van der Waals surface area contributed by atoms with Crippen LogP contribution < -0.4 is 5.73 Å². The fourth-order valence-electron chi connectivity index (χ4n) is 3.13. The third-order valence-corrected chi connectivity index (χ3v) is 4.40. The molecule has 2 atom stereocenters. The number of ether oxygens (including phenoxy) is 3. The minimum absolute atomic E-state index is 0.00644. The van der Waals surface area contributed by atoms with Gasteiger partial charge < -0.3 is 29.7 Å². The third-order valence-electron chi connectivity index (χ3n) is 4.40. The highest BCUT2D eigenvalue weighted by atomic mass is 16.6. The Hall–Kier alpha value is -1.96. The Balaban J connectivity index is 2.18. The Bertz CT molecular complexity index is 544. The number of likely N-dealkylation sites (tertiary alicyclic amines) is 1. The molecule has 27 heavy (non-hydrogen) atoms. The molecule has 0 aromatic carbocycles. The van der Waals surface area contributed by atoms with Crippen molar-refractivity contribution in [1.29, 1.82) is 0 Å². The van der Waals surface area contributed by atoms with Gasteiger partial charge in [0.1, 0.15) is 18.4 Å². The second-order valence-corrected chi connectivity index (χ2v) is 7.95. The van der Waals surface area contributed by atoms with Gasteiger partial charge in [0.15, 0.2) is 5.96 Å². The molecule has 2 heterocycles. The van der Waals surface area contributed by atoms with Gasteiger partial charge in [-0.15, -0.1) is 0 Å². The van der Waals surface area contributed by atoms with Gasteiger partial charge in [0.25, 0.3) is 0 Å². The van der Waals surface area contributed by atoms with Crippen LogP contribution in [0.25, 0.3) is 0 Å². The number of hydrogen-bond acceptors (Lipinski definition) is 7. The highest BCUT2D eigenvalue weighted by Crippen LogP contribution is 2.19. The van der Waals surface area contributed by atoms with Crippen LogP contribution in [0.15, 0.2) is 17.5 Å². The highest BCUT2D eigenvalue weighted by molar-refractivity contribution is 5.79. The number of aliphatic imine (C=N–C) groups is 1. The number of nitrogens with zero attached hydrogens (tertiary/aromatic N) is 3. The zero-order valence-electron chi connectivity index (χ0n) is 17.0. The van der Waals surface area contributed by atoms with Gasteiger partial charge in [-0.2, -0.15) is 0 Å². The van der Waals surface area contributed by atoms with E-state index in [9.17, 15) is 4.79 Å². The van der Waals surface area contributed by atoms with Gasteiger partial charge in [-0.1, -0.05) is 12.8 Å². The predicted octanol–water partition coefficient (Wildman–Crippen LogP) is 2.65. The lowest BCUT2D eigenvalue weighted by atomic mass is 10.0. The first-order chi connectivity index (χ1) is 12.8. The van der Waals surface area contributed by atoms with E-state index in [1.54, 1.807) is 17.4 Å². The van der Waals surface area contributed by atoms with Crippen molar-refractivity contribution in [3.8, 4) is 0 Å². The summed E-state index contributed by atoms with van der Waals surface area (Å²) < 4.78 is 16.6. The van der Waals surface area contributed by atoms with Crippen LogP contribution in [-0.2, 0) is 14.2 Å². The summed E-state index contributed by atoms with van der Waals surface area (Å²) in [5.41, 5.74) is 5.74. The molecule has 0 aromatic rings. The molecule has 0 radical (unpaired) electrons. The molecule has 0 aliphatic carbocycles. The smallest absolute Gasteiger partial charge is 0.410 e. The van der Waals surface area contributed by atoms with Crippen LogP contribution in [0.4, 0.5) is 4.79 Å². The van der Waals surface area contributed by atoms with Gasteiger partial charge in [0.05, 0.1) is 18.9 Å². The lowest BCUT2D eigenvalue weighted by Crippen LogP contribution is -2.50. The molecule has 2 rings (SSSR count). The lowest BCUT2D eigenvalue weighted by molar-refractivity contribution is 0.0191. The second-order valence-electron chi connectivity index (χ2n) is 7.95. The molecule has 8 heteroatoms. The van der Waals surface area contributed by atoms with Crippen LogP contribution in [0, 0.1) is 0 Å². The summed E-state index contributed by atoms with van der Waals surface area (Å²) in [5.74, 6) is 0.360. The molecule has 2 aliphatic heterocycles. The van der Waals surface area contributed by atoms with Gasteiger partial charge in [0, 0.05) is 19.3 Å². The fraction of sp³-hybridized carbons (Fsp3) is 0.789. The average Bonchev–Trinajstić information content (AvgIpc) is 2.53. The summed E-state index contributed by atoms with van der Waals surface area (Å²) in [6.45, 7) is 9.59. The lowest BCUT2D eigenvalue weighted by Gasteiger charge is -2.36. The maximum absolute atomic E-state index is 12.6. The summed E-state index contributed by atoms with van der Waals surface area (Å²) in [5, 5.41) is 0. The quantitative estimate of drug-likeness (QED) is 0.750. The Labute approximate surface area is 162 Å². The van der Waals surface area contributed by atoms with Gasteiger partial charge in [-0.05, 0) is 40.5 Å². The summed E-state index contributed by atoms with van der Waals surface area (Å²) >= 11 is 0. The molecule has 0 saturated carbocycles. The Morgan fingerprint density at radius 1 is 1.30 bits per heavy atom. The van der Waals surface area contributed by atoms with E-state index in [0.29, 0.717) is 32.3 Å². The van der Waals surface area contributed by atoms with Crippen molar-refractivity contribution in [3.63, 3.8) is 0 Å². The zero-order valence-corrected chi connectivity index (χ0v) is 17.0. The van der Waals surface area contributed by atoms with E-state index in [0.717, 1.165) is 25.7 Å². The Kier molecular flexibility index (Phi) is 7.77. The third kappa shape index (κ3) is 7.28. The maximum Gasteiger partial charge on any atom is 0.410 e. The molecular weight excluding hydrogens is 348 g/mol. The molecule has 1 amide bonds. The first kappa shape index (κ1) is 21.3. The average molecular weight is 383 g/mol. The molecular formula is C19H34N4O4. The van der Waals surface area contributed by atoms with E-state index in [1.165, 1.54) is 0 Å². The summed E-state index contributed by atoms with van der Waals surface area (Å²) in [4.78, 5) is 20.7. The molecule has 8 nitrogen and oxygen atoms in total.